The Balaban J connectivity index is 2.96. The van der Waals surface area contributed by atoms with E-state index in [0.29, 0.717) is 17.8 Å². The Morgan fingerprint density at radius 3 is 2.56 bits per heavy atom. The van der Waals surface area contributed by atoms with Gasteiger partial charge in [0, 0.05) is 12.8 Å². The minimum atomic E-state index is -0.433. The van der Waals surface area contributed by atoms with Gasteiger partial charge in [-0.2, -0.15) is 0 Å². The Labute approximate surface area is 99.1 Å². The van der Waals surface area contributed by atoms with Gasteiger partial charge in [0.05, 0.1) is 0 Å². The molecule has 0 spiro atoms. The number of rotatable bonds is 3. The monoisotopic (exact) mass is 224 g/mol. The minimum Gasteiger partial charge on any atom is -0.455 e. The molecule has 92 valence electrons. The number of hydrogen-bond acceptors (Lipinski definition) is 2. The molecule has 1 fully saturated rings. The van der Waals surface area contributed by atoms with Crippen LogP contribution >= 0.6 is 0 Å². The fraction of sp³-hybridized carbons (Fsp3) is 0.786. The standard InChI is InChI=1S/C14H24O2/c1-6-14(16-12(5)15)9-11(4)7-8-13(14)10(2)3/h6,10-11,13H,1,7-9H2,2-5H3. The molecule has 0 radical (unpaired) electrons. The van der Waals surface area contributed by atoms with E-state index in [0.717, 1.165) is 12.8 Å². The van der Waals surface area contributed by atoms with Crippen LogP contribution in [0.4, 0.5) is 0 Å². The van der Waals surface area contributed by atoms with Gasteiger partial charge < -0.3 is 4.74 Å². The maximum absolute atomic E-state index is 11.3. The van der Waals surface area contributed by atoms with Crippen molar-refractivity contribution in [3.8, 4) is 0 Å². The SMILES string of the molecule is C=CC1(OC(C)=O)CC(C)CCC1C(C)C. The van der Waals surface area contributed by atoms with E-state index >= 15 is 0 Å². The molecule has 0 aromatic heterocycles. The lowest BCUT2D eigenvalue weighted by Gasteiger charge is -2.45. The maximum atomic E-state index is 11.3. The minimum absolute atomic E-state index is 0.195. The second kappa shape index (κ2) is 5.03. The summed E-state index contributed by atoms with van der Waals surface area (Å²) >= 11 is 0. The molecule has 1 rings (SSSR count). The molecule has 0 N–H and O–H groups in total. The molecule has 16 heavy (non-hydrogen) atoms. The van der Waals surface area contributed by atoms with E-state index in [9.17, 15) is 4.79 Å². The zero-order valence-corrected chi connectivity index (χ0v) is 11.0. The first kappa shape index (κ1) is 13.3. The second-order valence-electron chi connectivity index (χ2n) is 5.49. The first-order valence-corrected chi connectivity index (χ1v) is 6.24. The summed E-state index contributed by atoms with van der Waals surface area (Å²) in [5.74, 6) is 1.34. The molecule has 1 aliphatic carbocycles. The van der Waals surface area contributed by atoms with Crippen LogP contribution in [0.3, 0.4) is 0 Å². The number of carbonyl (C=O) groups excluding carboxylic acids is 1. The topological polar surface area (TPSA) is 26.3 Å². The van der Waals surface area contributed by atoms with Gasteiger partial charge in [-0.05, 0) is 30.8 Å². The third kappa shape index (κ3) is 2.66. The summed E-state index contributed by atoms with van der Waals surface area (Å²) in [6, 6.07) is 0. The lowest BCUT2D eigenvalue weighted by Crippen LogP contribution is -2.47. The Bertz CT molecular complexity index is 270. The van der Waals surface area contributed by atoms with Gasteiger partial charge in [-0.15, -0.1) is 0 Å². The summed E-state index contributed by atoms with van der Waals surface area (Å²) in [4.78, 5) is 11.3. The maximum Gasteiger partial charge on any atom is 0.303 e. The van der Waals surface area contributed by atoms with Crippen molar-refractivity contribution in [1.82, 2.24) is 0 Å². The lowest BCUT2D eigenvalue weighted by molar-refractivity contribution is -0.164. The van der Waals surface area contributed by atoms with Gasteiger partial charge in [0.2, 0.25) is 0 Å². The van der Waals surface area contributed by atoms with Crippen LogP contribution in [-0.4, -0.2) is 11.6 Å². The van der Waals surface area contributed by atoms with Crippen molar-refractivity contribution in [3.63, 3.8) is 0 Å². The van der Waals surface area contributed by atoms with Gasteiger partial charge in [0.1, 0.15) is 5.60 Å². The molecule has 2 heteroatoms. The largest absolute Gasteiger partial charge is 0.455 e. The normalized spacial score (nSPS) is 34.8. The van der Waals surface area contributed by atoms with Crippen LogP contribution in [0.5, 0.6) is 0 Å². The summed E-state index contributed by atoms with van der Waals surface area (Å²) in [5, 5.41) is 0. The van der Waals surface area contributed by atoms with Crippen molar-refractivity contribution in [2.24, 2.45) is 17.8 Å². The van der Waals surface area contributed by atoms with Crippen LogP contribution in [-0.2, 0) is 9.53 Å². The van der Waals surface area contributed by atoms with Crippen LogP contribution in [0.25, 0.3) is 0 Å². The van der Waals surface area contributed by atoms with Gasteiger partial charge in [-0.3, -0.25) is 4.79 Å². The number of hydrogen-bond donors (Lipinski definition) is 0. The first-order valence-electron chi connectivity index (χ1n) is 6.24. The number of carbonyl (C=O) groups is 1. The van der Waals surface area contributed by atoms with Gasteiger partial charge in [0.25, 0.3) is 0 Å². The van der Waals surface area contributed by atoms with Crippen LogP contribution in [0.15, 0.2) is 12.7 Å². The molecular formula is C14H24O2. The summed E-state index contributed by atoms with van der Waals surface area (Å²) in [7, 11) is 0. The molecule has 0 bridgehead atoms. The van der Waals surface area contributed by atoms with Gasteiger partial charge >= 0.3 is 5.97 Å². The van der Waals surface area contributed by atoms with Crippen LogP contribution in [0.2, 0.25) is 0 Å². The third-order valence-corrected chi connectivity index (χ3v) is 3.75. The first-order chi connectivity index (χ1) is 7.41. The van der Waals surface area contributed by atoms with E-state index in [4.69, 9.17) is 4.74 Å². The summed E-state index contributed by atoms with van der Waals surface area (Å²) in [6.45, 7) is 12.0. The van der Waals surface area contributed by atoms with Crippen LogP contribution in [0.1, 0.15) is 47.0 Å². The quantitative estimate of drug-likeness (QED) is 0.541. The lowest BCUT2D eigenvalue weighted by atomic mass is 9.67. The van der Waals surface area contributed by atoms with Crippen molar-refractivity contribution in [1.29, 1.82) is 0 Å². The summed E-state index contributed by atoms with van der Waals surface area (Å²) in [5.41, 5.74) is -0.433. The van der Waals surface area contributed by atoms with E-state index in [2.05, 4.69) is 27.4 Å². The Kier molecular flexibility index (Phi) is 4.17. The van der Waals surface area contributed by atoms with Crippen LogP contribution in [0, 0.1) is 17.8 Å². The molecule has 0 amide bonds. The Hall–Kier alpha value is -0.790. The highest BCUT2D eigenvalue weighted by Crippen LogP contribution is 2.44. The van der Waals surface area contributed by atoms with Gasteiger partial charge in [0.15, 0.2) is 0 Å². The Morgan fingerprint density at radius 1 is 1.50 bits per heavy atom. The van der Waals surface area contributed by atoms with Gasteiger partial charge in [-0.1, -0.05) is 33.8 Å². The van der Waals surface area contributed by atoms with E-state index in [-0.39, 0.29) is 5.97 Å². The fourth-order valence-corrected chi connectivity index (χ4v) is 3.07. The smallest absolute Gasteiger partial charge is 0.303 e. The molecule has 0 heterocycles. The van der Waals surface area contributed by atoms with E-state index < -0.39 is 5.60 Å². The van der Waals surface area contributed by atoms with Crippen molar-refractivity contribution >= 4 is 5.97 Å². The zero-order valence-electron chi connectivity index (χ0n) is 11.0. The molecule has 0 saturated heterocycles. The van der Waals surface area contributed by atoms with E-state index in [1.165, 1.54) is 13.3 Å². The van der Waals surface area contributed by atoms with E-state index in [1.807, 2.05) is 6.08 Å². The average molecular weight is 224 g/mol. The molecule has 2 nitrogen and oxygen atoms in total. The predicted octanol–water partition coefficient (Wildman–Crippen LogP) is 3.57. The zero-order chi connectivity index (χ0) is 12.3. The molecule has 3 unspecified atom stereocenters. The van der Waals surface area contributed by atoms with Crippen molar-refractivity contribution in [2.75, 3.05) is 0 Å². The van der Waals surface area contributed by atoms with E-state index in [1.54, 1.807) is 0 Å². The number of ether oxygens (including phenoxy) is 1. The summed E-state index contributed by atoms with van der Waals surface area (Å²) < 4.78 is 5.62. The van der Waals surface area contributed by atoms with Crippen molar-refractivity contribution < 1.29 is 9.53 Å². The molecule has 0 aromatic carbocycles. The molecule has 3 atom stereocenters. The second-order valence-corrected chi connectivity index (χ2v) is 5.49. The molecule has 0 aliphatic heterocycles. The van der Waals surface area contributed by atoms with Gasteiger partial charge in [-0.25, -0.2) is 0 Å². The molecular weight excluding hydrogens is 200 g/mol. The Morgan fingerprint density at radius 2 is 2.12 bits per heavy atom. The molecule has 1 aliphatic rings. The highest BCUT2D eigenvalue weighted by Gasteiger charge is 2.44. The highest BCUT2D eigenvalue weighted by molar-refractivity contribution is 5.67. The molecule has 1 saturated carbocycles. The van der Waals surface area contributed by atoms with Crippen molar-refractivity contribution in [3.05, 3.63) is 12.7 Å². The van der Waals surface area contributed by atoms with Crippen LogP contribution < -0.4 is 0 Å². The predicted molar refractivity (Wildman–Crippen MR) is 66.0 cm³/mol. The summed E-state index contributed by atoms with van der Waals surface area (Å²) in [6.07, 6.45) is 5.12. The van der Waals surface area contributed by atoms with Crippen molar-refractivity contribution in [2.45, 2.75) is 52.6 Å². The number of esters is 1. The third-order valence-electron chi connectivity index (χ3n) is 3.75. The highest BCUT2D eigenvalue weighted by atomic mass is 16.6. The molecule has 0 aromatic rings. The average Bonchev–Trinajstić information content (AvgIpc) is 2.16. The fourth-order valence-electron chi connectivity index (χ4n) is 3.07.